The fraction of sp³-hybridized carbons (Fsp3) is 0.400. The van der Waals surface area contributed by atoms with Crippen LogP contribution in [0.2, 0.25) is 0 Å². The lowest BCUT2D eigenvalue weighted by atomic mass is 9.82. The van der Waals surface area contributed by atoms with Gasteiger partial charge < -0.3 is 0 Å². The summed E-state index contributed by atoms with van der Waals surface area (Å²) in [7, 11) is -3.50. The largest absolute Gasteiger partial charge is 0.241 e. The first kappa shape index (κ1) is 15.9. The molecule has 4 heteroatoms. The van der Waals surface area contributed by atoms with Gasteiger partial charge in [0.1, 0.15) is 0 Å². The molecule has 2 unspecified atom stereocenters. The molecule has 2 aromatic carbocycles. The second-order valence-corrected chi connectivity index (χ2v) is 9.03. The van der Waals surface area contributed by atoms with Crippen LogP contribution < -0.4 is 4.72 Å². The van der Waals surface area contributed by atoms with Crippen LogP contribution in [0.1, 0.15) is 30.9 Å². The zero-order chi connectivity index (χ0) is 16.8. The lowest BCUT2D eigenvalue weighted by Gasteiger charge is -2.36. The standard InChI is InChI=1S/C20H23NO2S/c1-20(21-24(22,23)19-9-3-2-4-10-19)17-11-12-18(20)14-16-8-6-5-7-15(16)13-17/h2-10,17-18,21H,11-14H2,1H3. The number of sulfonamides is 1. The fourth-order valence-corrected chi connectivity index (χ4v) is 6.11. The lowest BCUT2D eigenvalue weighted by Crippen LogP contribution is -2.53. The van der Waals surface area contributed by atoms with Crippen LogP contribution in [0, 0.1) is 11.8 Å². The maximum Gasteiger partial charge on any atom is 0.241 e. The van der Waals surface area contributed by atoms with Gasteiger partial charge in [0.05, 0.1) is 4.90 Å². The van der Waals surface area contributed by atoms with E-state index in [0.717, 1.165) is 25.7 Å². The molecule has 1 saturated carbocycles. The van der Waals surface area contributed by atoms with Crippen LogP contribution in [0.3, 0.4) is 0 Å². The topological polar surface area (TPSA) is 46.2 Å². The third-order valence-electron chi connectivity index (χ3n) is 6.02. The Kier molecular flexibility index (Phi) is 3.77. The number of hydrogen-bond acceptors (Lipinski definition) is 2. The van der Waals surface area contributed by atoms with E-state index in [0.29, 0.717) is 16.7 Å². The minimum absolute atomic E-state index is 0.352. The van der Waals surface area contributed by atoms with Crippen molar-refractivity contribution in [2.75, 3.05) is 0 Å². The normalized spacial score (nSPS) is 29.0. The quantitative estimate of drug-likeness (QED) is 0.928. The van der Waals surface area contributed by atoms with Crippen LogP contribution in [0.25, 0.3) is 0 Å². The van der Waals surface area contributed by atoms with E-state index in [1.807, 2.05) is 6.07 Å². The highest BCUT2D eigenvalue weighted by atomic mass is 32.2. The Bertz CT molecular complexity index is 812. The second kappa shape index (κ2) is 5.71. The van der Waals surface area contributed by atoms with Gasteiger partial charge in [0.2, 0.25) is 10.0 Å². The van der Waals surface area contributed by atoms with Gasteiger partial charge in [0, 0.05) is 5.54 Å². The number of fused-ring (bicyclic) bond motifs is 3. The highest BCUT2D eigenvalue weighted by molar-refractivity contribution is 7.89. The summed E-state index contributed by atoms with van der Waals surface area (Å²) in [5.41, 5.74) is 2.39. The maximum absolute atomic E-state index is 12.9. The SMILES string of the molecule is CC1(NS(=O)(=O)c2ccccc2)C2CCC1Cc1ccccc1C2. The summed E-state index contributed by atoms with van der Waals surface area (Å²) in [6.45, 7) is 2.11. The van der Waals surface area contributed by atoms with Gasteiger partial charge >= 0.3 is 0 Å². The van der Waals surface area contributed by atoms with Gasteiger partial charge in [-0.05, 0) is 67.7 Å². The third-order valence-corrected chi connectivity index (χ3v) is 7.62. The molecule has 24 heavy (non-hydrogen) atoms. The first-order valence-electron chi connectivity index (χ1n) is 8.65. The van der Waals surface area contributed by atoms with E-state index in [1.165, 1.54) is 11.1 Å². The van der Waals surface area contributed by atoms with Crippen LogP contribution in [0.4, 0.5) is 0 Å². The molecule has 2 atom stereocenters. The van der Waals surface area contributed by atoms with Gasteiger partial charge in [0.15, 0.2) is 0 Å². The molecule has 0 spiro atoms. The highest BCUT2D eigenvalue weighted by Crippen LogP contribution is 2.47. The van der Waals surface area contributed by atoms with Crippen LogP contribution in [-0.4, -0.2) is 14.0 Å². The molecule has 0 aliphatic heterocycles. The van der Waals surface area contributed by atoms with Gasteiger partial charge in [-0.25, -0.2) is 13.1 Å². The predicted octanol–water partition coefficient (Wildman–Crippen LogP) is 3.55. The summed E-state index contributed by atoms with van der Waals surface area (Å²) in [4.78, 5) is 0.354. The number of hydrogen-bond donors (Lipinski definition) is 1. The summed E-state index contributed by atoms with van der Waals surface area (Å²) >= 11 is 0. The van der Waals surface area contributed by atoms with Crippen LogP contribution in [0.15, 0.2) is 59.5 Å². The Balaban J connectivity index is 1.69. The molecule has 0 heterocycles. The van der Waals surface area contributed by atoms with Crippen molar-refractivity contribution < 1.29 is 8.42 Å². The summed E-state index contributed by atoms with van der Waals surface area (Å²) in [6.07, 6.45) is 4.10. The van der Waals surface area contributed by atoms with Crippen LogP contribution >= 0.6 is 0 Å². The summed E-state index contributed by atoms with van der Waals surface area (Å²) < 4.78 is 28.9. The van der Waals surface area contributed by atoms with E-state index < -0.39 is 10.0 Å². The summed E-state index contributed by atoms with van der Waals surface area (Å²) in [5.74, 6) is 0.703. The van der Waals surface area contributed by atoms with Crippen molar-refractivity contribution in [1.29, 1.82) is 0 Å². The van der Waals surface area contributed by atoms with Gasteiger partial charge in [-0.15, -0.1) is 0 Å². The zero-order valence-corrected chi connectivity index (χ0v) is 14.7. The Morgan fingerprint density at radius 1 is 0.875 bits per heavy atom. The Morgan fingerprint density at radius 2 is 1.38 bits per heavy atom. The minimum atomic E-state index is -3.50. The monoisotopic (exact) mass is 341 g/mol. The summed E-state index contributed by atoms with van der Waals surface area (Å²) in [6, 6.07) is 17.3. The second-order valence-electron chi connectivity index (χ2n) is 7.35. The van der Waals surface area contributed by atoms with Crippen molar-refractivity contribution >= 4 is 10.0 Å². The zero-order valence-electron chi connectivity index (χ0n) is 13.9. The van der Waals surface area contributed by atoms with Gasteiger partial charge in [-0.2, -0.15) is 0 Å². The van der Waals surface area contributed by atoms with E-state index in [4.69, 9.17) is 0 Å². The number of benzene rings is 2. The third kappa shape index (κ3) is 2.58. The highest BCUT2D eigenvalue weighted by Gasteiger charge is 2.50. The van der Waals surface area contributed by atoms with Crippen molar-refractivity contribution in [3.8, 4) is 0 Å². The molecular weight excluding hydrogens is 318 g/mol. The van der Waals surface area contributed by atoms with Crippen molar-refractivity contribution in [2.24, 2.45) is 11.8 Å². The molecule has 126 valence electrons. The van der Waals surface area contributed by atoms with Crippen molar-refractivity contribution in [3.63, 3.8) is 0 Å². The molecule has 3 nitrogen and oxygen atoms in total. The smallest absolute Gasteiger partial charge is 0.207 e. The maximum atomic E-state index is 12.9. The molecule has 2 aliphatic carbocycles. The van der Waals surface area contributed by atoms with Gasteiger partial charge in [-0.3, -0.25) is 0 Å². The van der Waals surface area contributed by atoms with E-state index in [-0.39, 0.29) is 5.54 Å². The summed E-state index contributed by atoms with van der Waals surface area (Å²) in [5, 5.41) is 0. The minimum Gasteiger partial charge on any atom is -0.207 e. The molecule has 1 fully saturated rings. The average Bonchev–Trinajstić information content (AvgIpc) is 2.77. The van der Waals surface area contributed by atoms with Gasteiger partial charge in [0.25, 0.3) is 0 Å². The van der Waals surface area contributed by atoms with Crippen LogP contribution in [-0.2, 0) is 22.9 Å². The number of nitrogens with one attached hydrogen (secondary N) is 1. The predicted molar refractivity (Wildman–Crippen MR) is 95.2 cm³/mol. The molecule has 0 saturated heterocycles. The average molecular weight is 341 g/mol. The van der Waals surface area contributed by atoms with Crippen molar-refractivity contribution in [2.45, 2.75) is 43.0 Å². The fourth-order valence-electron chi connectivity index (χ4n) is 4.56. The Morgan fingerprint density at radius 3 is 1.92 bits per heavy atom. The van der Waals surface area contributed by atoms with Crippen molar-refractivity contribution in [1.82, 2.24) is 4.72 Å². The molecule has 2 aliphatic rings. The molecule has 0 amide bonds. The molecule has 0 aromatic heterocycles. The molecule has 2 bridgehead atoms. The Hall–Kier alpha value is -1.65. The lowest BCUT2D eigenvalue weighted by molar-refractivity contribution is 0.249. The van der Waals surface area contributed by atoms with E-state index in [1.54, 1.807) is 24.3 Å². The van der Waals surface area contributed by atoms with E-state index in [9.17, 15) is 8.42 Å². The molecular formula is C20H23NO2S. The van der Waals surface area contributed by atoms with E-state index in [2.05, 4.69) is 35.9 Å². The van der Waals surface area contributed by atoms with Crippen LogP contribution in [0.5, 0.6) is 0 Å². The van der Waals surface area contributed by atoms with Gasteiger partial charge in [-0.1, -0.05) is 42.5 Å². The Labute approximate surface area is 144 Å². The van der Waals surface area contributed by atoms with E-state index >= 15 is 0 Å². The molecule has 4 rings (SSSR count). The first-order valence-corrected chi connectivity index (χ1v) is 10.1. The number of rotatable bonds is 3. The molecule has 1 N–H and O–H groups in total. The molecule has 2 aromatic rings. The molecule has 0 radical (unpaired) electrons. The van der Waals surface area contributed by atoms with Crippen molar-refractivity contribution in [3.05, 3.63) is 65.7 Å². The first-order chi connectivity index (χ1) is 11.5.